The number of anilines is 2. The molecule has 0 aliphatic carbocycles. The van der Waals surface area contributed by atoms with Crippen LogP contribution in [0.4, 0.5) is 11.6 Å². The monoisotopic (exact) mass is 770 g/mol. The summed E-state index contributed by atoms with van der Waals surface area (Å²) in [6, 6.07) is 0. The molecule has 52 heavy (non-hydrogen) atoms. The molecule has 6 heterocycles. The van der Waals surface area contributed by atoms with Crippen LogP contribution in [0.25, 0.3) is 22.3 Å². The first-order chi connectivity index (χ1) is 24.8. The van der Waals surface area contributed by atoms with Crippen LogP contribution in [-0.2, 0) is 57.7 Å². The lowest BCUT2D eigenvalue weighted by atomic mass is 10.1. The zero-order chi connectivity index (χ0) is 37.2. The van der Waals surface area contributed by atoms with E-state index in [1.807, 2.05) is 0 Å². The number of carbonyl (C=O) groups excluding carboxylic acids is 1. The summed E-state index contributed by atoms with van der Waals surface area (Å²) in [4.78, 5) is 57.2. The van der Waals surface area contributed by atoms with Crippen LogP contribution < -0.4 is 11.5 Å². The number of aliphatic hydroxyl groups is 1. The number of cyclic esters (lactones) is 1. The zero-order valence-corrected chi connectivity index (χ0v) is 29.0. The number of carbonyl (C=O) groups is 1. The molecule has 0 amide bonds. The van der Waals surface area contributed by atoms with Crippen molar-refractivity contribution in [3.05, 3.63) is 48.7 Å². The highest BCUT2D eigenvalue weighted by Gasteiger charge is 2.49. The van der Waals surface area contributed by atoms with E-state index < -0.39 is 65.5 Å². The van der Waals surface area contributed by atoms with Gasteiger partial charge in [-0.3, -0.25) is 22.7 Å². The minimum Gasteiger partial charge on any atom is -0.490 e. The molecule has 2 aliphatic heterocycles. The van der Waals surface area contributed by atoms with Gasteiger partial charge < -0.3 is 54.6 Å². The van der Waals surface area contributed by atoms with Crippen molar-refractivity contribution in [2.24, 2.45) is 0 Å². The quantitative estimate of drug-likeness (QED) is 0.0555. The van der Waals surface area contributed by atoms with Crippen molar-refractivity contribution in [1.29, 1.82) is 0 Å². The highest BCUT2D eigenvalue weighted by atomic mass is 31.2. The molecule has 1 saturated heterocycles. The van der Waals surface area contributed by atoms with Crippen molar-refractivity contribution in [2.75, 3.05) is 51.9 Å². The van der Waals surface area contributed by atoms with Crippen LogP contribution in [0.1, 0.15) is 6.23 Å². The number of nitrogens with two attached hydrogens (primary N) is 2. The van der Waals surface area contributed by atoms with Crippen molar-refractivity contribution in [3.8, 4) is 0 Å². The van der Waals surface area contributed by atoms with Gasteiger partial charge in [0.15, 0.2) is 34.9 Å². The van der Waals surface area contributed by atoms with E-state index in [2.05, 4.69) is 29.9 Å². The molecular formula is C26H32N10O14P2. The number of nitrogen functional groups attached to an aromatic ring is 2. The number of imidazole rings is 2. The number of nitrogens with zero attached hydrogens (tertiary/aromatic N) is 8. The Balaban J connectivity index is 1.13. The van der Waals surface area contributed by atoms with Gasteiger partial charge in [-0.15, -0.1) is 0 Å². The maximum atomic E-state index is 13.2. The van der Waals surface area contributed by atoms with E-state index in [1.54, 1.807) is 4.57 Å². The number of ether oxygens (including phenoxy) is 5. The van der Waals surface area contributed by atoms with Gasteiger partial charge in [0.1, 0.15) is 48.3 Å². The fraction of sp³-hybridized carbons (Fsp3) is 0.423. The van der Waals surface area contributed by atoms with Gasteiger partial charge in [0.05, 0.1) is 46.7 Å². The lowest BCUT2D eigenvalue weighted by Gasteiger charge is -2.24. The molecule has 280 valence electrons. The first-order valence-corrected chi connectivity index (χ1v) is 18.2. The van der Waals surface area contributed by atoms with E-state index in [9.17, 15) is 28.8 Å². The Kier molecular flexibility index (Phi) is 10.8. The van der Waals surface area contributed by atoms with Crippen molar-refractivity contribution in [2.45, 2.75) is 31.1 Å². The molecule has 6 atom stereocenters. The van der Waals surface area contributed by atoms with E-state index in [0.29, 0.717) is 11.2 Å². The van der Waals surface area contributed by atoms with Crippen LogP contribution in [0.3, 0.4) is 0 Å². The van der Waals surface area contributed by atoms with Crippen molar-refractivity contribution >= 4 is 55.4 Å². The second kappa shape index (κ2) is 15.2. The Morgan fingerprint density at radius 2 is 1.73 bits per heavy atom. The summed E-state index contributed by atoms with van der Waals surface area (Å²) in [5.74, 6) is -1.03. The smallest absolute Gasteiger partial charge is 0.472 e. The van der Waals surface area contributed by atoms with Crippen LogP contribution in [0.2, 0.25) is 0 Å². The van der Waals surface area contributed by atoms with E-state index in [4.69, 9.17) is 48.7 Å². The molecule has 0 spiro atoms. The highest BCUT2D eigenvalue weighted by Crippen LogP contribution is 2.49. The number of aromatic nitrogens is 8. The first kappa shape index (κ1) is 37.2. The standard InChI is InChI=1S/C26H32N10O14P2/c1-43-19-13(49-26(38)20(19)44-2)3-5-46-52(41,42)47-7-14-18(17(37)25(48-14)36-11-33-15-21(27)29-9-32-24(15)36)50-51(39,40)12-45-6-4-35-10-34-23-16(35)22(28)30-8-31-23/h3,8-11,14,17-18,25,37H,4-7,12H2,1-2H3,(H,39,40)(H,41,42)(H2,27,29,32)(H2,28,30,31)/t14-,17?,18+,25-/m1/s1. The van der Waals surface area contributed by atoms with Crippen molar-refractivity contribution in [3.63, 3.8) is 0 Å². The van der Waals surface area contributed by atoms with Gasteiger partial charge >= 0.3 is 21.4 Å². The molecule has 3 unspecified atom stereocenters. The third-order valence-electron chi connectivity index (χ3n) is 7.56. The first-order valence-electron chi connectivity index (χ1n) is 14.9. The van der Waals surface area contributed by atoms with Crippen LogP contribution in [-0.4, -0.2) is 119 Å². The fourth-order valence-corrected chi connectivity index (χ4v) is 6.98. The van der Waals surface area contributed by atoms with Crippen LogP contribution >= 0.6 is 15.4 Å². The minimum atomic E-state index is -4.89. The topological polar surface area (TPSA) is 325 Å². The summed E-state index contributed by atoms with van der Waals surface area (Å²) in [5.41, 5.74) is 12.9. The molecule has 4 aromatic rings. The largest absolute Gasteiger partial charge is 0.490 e. The predicted octanol–water partition coefficient (Wildman–Crippen LogP) is -0.288. The highest BCUT2D eigenvalue weighted by molar-refractivity contribution is 7.52. The van der Waals surface area contributed by atoms with Gasteiger partial charge in [-0.1, -0.05) is 0 Å². The molecule has 7 N–H and O–H groups in total. The fourth-order valence-electron chi connectivity index (χ4n) is 5.25. The third kappa shape index (κ3) is 7.76. The number of hydrogen-bond acceptors (Lipinski definition) is 20. The van der Waals surface area contributed by atoms with Crippen LogP contribution in [0.5, 0.6) is 0 Å². The number of phosphoric acid groups is 1. The number of methoxy groups -OCH3 is 2. The van der Waals surface area contributed by atoms with Gasteiger partial charge in [-0.2, -0.15) is 0 Å². The van der Waals surface area contributed by atoms with Gasteiger partial charge in [0.25, 0.3) is 5.76 Å². The van der Waals surface area contributed by atoms with E-state index in [1.165, 1.54) is 37.8 Å². The van der Waals surface area contributed by atoms with Gasteiger partial charge in [-0.25, -0.2) is 39.3 Å². The van der Waals surface area contributed by atoms with Gasteiger partial charge in [-0.05, 0) is 6.08 Å². The van der Waals surface area contributed by atoms with E-state index >= 15 is 0 Å². The van der Waals surface area contributed by atoms with Crippen molar-refractivity contribution in [1.82, 2.24) is 39.0 Å². The maximum Gasteiger partial charge on any atom is 0.472 e. The summed E-state index contributed by atoms with van der Waals surface area (Å²) < 4.78 is 70.8. The normalized spacial score (nSPS) is 23.7. The molecule has 2 aliphatic rings. The van der Waals surface area contributed by atoms with Crippen molar-refractivity contribution < 1.29 is 66.1 Å². The molecule has 0 saturated carbocycles. The minimum absolute atomic E-state index is 0.0343. The molecule has 4 aromatic heterocycles. The van der Waals surface area contributed by atoms with E-state index in [0.717, 1.165) is 12.4 Å². The Labute approximate surface area is 292 Å². The summed E-state index contributed by atoms with van der Waals surface area (Å²) in [6.07, 6.45) is -0.737. The average molecular weight is 771 g/mol. The maximum absolute atomic E-state index is 13.2. The lowest BCUT2D eigenvalue weighted by molar-refractivity contribution is -0.136. The van der Waals surface area contributed by atoms with E-state index in [-0.39, 0.29) is 53.2 Å². The number of aliphatic hydroxyl groups excluding tert-OH is 1. The Morgan fingerprint density at radius 3 is 2.50 bits per heavy atom. The Hall–Kier alpha value is -4.61. The number of rotatable bonds is 16. The summed E-state index contributed by atoms with van der Waals surface area (Å²) in [7, 11) is -7.05. The molecule has 0 aromatic carbocycles. The molecule has 0 radical (unpaired) electrons. The number of hydrogen-bond donors (Lipinski definition) is 5. The van der Waals surface area contributed by atoms with Gasteiger partial charge in [0.2, 0.25) is 5.76 Å². The lowest BCUT2D eigenvalue weighted by Crippen LogP contribution is -2.36. The Morgan fingerprint density at radius 1 is 0.981 bits per heavy atom. The summed E-state index contributed by atoms with van der Waals surface area (Å²) >= 11 is 0. The molecule has 24 nitrogen and oxygen atoms in total. The van der Waals surface area contributed by atoms with Crippen LogP contribution in [0.15, 0.2) is 48.7 Å². The molecule has 26 heteroatoms. The molecule has 1 fully saturated rings. The number of fused-ring (bicyclic) bond motifs is 2. The summed E-state index contributed by atoms with van der Waals surface area (Å²) in [5, 5.41) is 11.3. The summed E-state index contributed by atoms with van der Waals surface area (Å²) in [6.45, 7) is -1.33. The molecule has 6 rings (SSSR count). The second-order valence-electron chi connectivity index (χ2n) is 10.8. The third-order valence-corrected chi connectivity index (χ3v) is 9.59. The zero-order valence-electron chi connectivity index (χ0n) is 27.2. The predicted molar refractivity (Wildman–Crippen MR) is 172 cm³/mol. The Bertz CT molecular complexity index is 2120. The SMILES string of the molecule is COC1=C(OC)C(=CCOP(=O)(O)OC[C@H]2O[C@@H](n3cnc4c(N)ncnc43)C(O)[C@H]2OP(=O)(O)COCCn2cnc3ncnc(N)c32)OC1=O. The number of esters is 1. The van der Waals surface area contributed by atoms with Crippen LogP contribution in [0, 0.1) is 0 Å². The molecule has 0 bridgehead atoms. The molecular weight excluding hydrogens is 738 g/mol. The van der Waals surface area contributed by atoms with Gasteiger partial charge in [0, 0.05) is 6.54 Å². The second-order valence-corrected chi connectivity index (χ2v) is 14.0. The number of phosphoric ester groups is 1. The average Bonchev–Trinajstić information content (AvgIpc) is 3.86.